The summed E-state index contributed by atoms with van der Waals surface area (Å²) in [6.07, 6.45) is 3.25. The highest BCUT2D eigenvalue weighted by Gasteiger charge is 2.16. The second-order valence-electron chi connectivity index (χ2n) is 8.50. The number of carbonyl (C=O) groups is 2. The van der Waals surface area contributed by atoms with Gasteiger partial charge < -0.3 is 10.6 Å². The lowest BCUT2D eigenvalue weighted by molar-refractivity contribution is 0.101. The Kier molecular flexibility index (Phi) is 7.66. The Morgan fingerprint density at radius 3 is 1.42 bits per heavy atom. The zero-order valence-corrected chi connectivity index (χ0v) is 23.4. The van der Waals surface area contributed by atoms with E-state index in [9.17, 15) is 9.59 Å². The van der Waals surface area contributed by atoms with Gasteiger partial charge in [0.1, 0.15) is 11.4 Å². The molecule has 4 aromatic rings. The molecule has 4 rings (SSSR count). The maximum Gasteiger partial charge on any atom is 0.274 e. The molecule has 0 unspecified atom stereocenters. The predicted octanol–water partition coefficient (Wildman–Crippen LogP) is 7.41. The van der Waals surface area contributed by atoms with Gasteiger partial charge in [-0.15, -0.1) is 0 Å². The quantitative estimate of drug-likeness (QED) is 0.247. The zero-order valence-electron chi connectivity index (χ0n) is 20.2. The van der Waals surface area contributed by atoms with Gasteiger partial charge in [-0.2, -0.15) is 0 Å². The predicted molar refractivity (Wildman–Crippen MR) is 151 cm³/mol. The van der Waals surface area contributed by atoms with Crippen LogP contribution in [0.15, 0.2) is 69.9 Å². The molecule has 2 aromatic carbocycles. The number of nitrogens with one attached hydrogen (secondary N) is 2. The molecule has 0 saturated heterocycles. The van der Waals surface area contributed by atoms with E-state index in [2.05, 4.69) is 52.5 Å². The molecule has 0 atom stereocenters. The highest BCUT2D eigenvalue weighted by atomic mass is 79.9. The molecular weight excluding hydrogens is 584 g/mol. The number of benzene rings is 2. The maximum absolute atomic E-state index is 12.9. The second-order valence-corrected chi connectivity index (χ2v) is 10.2. The van der Waals surface area contributed by atoms with Crippen molar-refractivity contribution in [1.29, 1.82) is 0 Å². The minimum Gasteiger partial charge on any atom is -0.320 e. The molecule has 2 amide bonds. The van der Waals surface area contributed by atoms with Crippen molar-refractivity contribution in [3.8, 4) is 11.1 Å². The average molecular weight is 608 g/mol. The number of anilines is 2. The van der Waals surface area contributed by atoms with Gasteiger partial charge in [0.25, 0.3) is 11.8 Å². The number of aromatic nitrogens is 2. The number of pyridine rings is 2. The Balaban J connectivity index is 1.61. The SMILES string of the molecule is Cc1cc(C(=O)Nc2cccc(-c3cccc(NC(=O)c4cc(C)c(Br)cn4)c3C)c2C)ncc1Br. The van der Waals surface area contributed by atoms with E-state index in [1.807, 2.05) is 64.1 Å². The van der Waals surface area contributed by atoms with Gasteiger partial charge in [0.05, 0.1) is 0 Å². The third-order valence-corrected chi connectivity index (χ3v) is 7.67. The Morgan fingerprint density at radius 1 is 0.667 bits per heavy atom. The smallest absolute Gasteiger partial charge is 0.274 e. The summed E-state index contributed by atoms with van der Waals surface area (Å²) in [5.74, 6) is -0.554. The highest BCUT2D eigenvalue weighted by Crippen LogP contribution is 2.34. The van der Waals surface area contributed by atoms with Crippen molar-refractivity contribution >= 4 is 55.0 Å². The van der Waals surface area contributed by atoms with Crippen LogP contribution in [0.1, 0.15) is 43.2 Å². The number of rotatable bonds is 5. The first-order valence-electron chi connectivity index (χ1n) is 11.2. The molecule has 2 aromatic heterocycles. The number of amides is 2. The topological polar surface area (TPSA) is 84.0 Å². The number of carbonyl (C=O) groups excluding carboxylic acids is 2. The molecule has 6 nitrogen and oxygen atoms in total. The Morgan fingerprint density at radius 2 is 1.06 bits per heavy atom. The summed E-state index contributed by atoms with van der Waals surface area (Å²) >= 11 is 6.83. The largest absolute Gasteiger partial charge is 0.320 e. The molecule has 182 valence electrons. The van der Waals surface area contributed by atoms with E-state index in [1.165, 1.54) is 0 Å². The number of aryl methyl sites for hydroxylation is 2. The molecule has 0 fully saturated rings. The molecule has 2 N–H and O–H groups in total. The Labute approximate surface area is 226 Å². The van der Waals surface area contributed by atoms with Gasteiger partial charge in [-0.3, -0.25) is 9.59 Å². The van der Waals surface area contributed by atoms with Crippen LogP contribution in [-0.4, -0.2) is 21.8 Å². The van der Waals surface area contributed by atoms with E-state index in [1.54, 1.807) is 24.5 Å². The van der Waals surface area contributed by atoms with Crippen LogP contribution in [-0.2, 0) is 0 Å². The first kappa shape index (κ1) is 25.7. The van der Waals surface area contributed by atoms with Gasteiger partial charge >= 0.3 is 0 Å². The van der Waals surface area contributed by atoms with Crippen LogP contribution in [0, 0.1) is 27.7 Å². The van der Waals surface area contributed by atoms with Crippen LogP contribution in [0.2, 0.25) is 0 Å². The van der Waals surface area contributed by atoms with Crippen molar-refractivity contribution in [3.05, 3.63) is 104 Å². The lowest BCUT2D eigenvalue weighted by Crippen LogP contribution is -2.15. The number of nitrogens with zero attached hydrogens (tertiary/aromatic N) is 2. The van der Waals surface area contributed by atoms with Gasteiger partial charge in [0.2, 0.25) is 0 Å². The molecule has 2 heterocycles. The summed E-state index contributed by atoms with van der Waals surface area (Å²) in [5, 5.41) is 5.96. The van der Waals surface area contributed by atoms with Crippen molar-refractivity contribution < 1.29 is 9.59 Å². The molecule has 0 bridgehead atoms. The van der Waals surface area contributed by atoms with Crippen LogP contribution in [0.3, 0.4) is 0 Å². The molecule has 0 radical (unpaired) electrons. The summed E-state index contributed by atoms with van der Waals surface area (Å²) in [6.45, 7) is 7.75. The average Bonchev–Trinajstić information content (AvgIpc) is 2.85. The van der Waals surface area contributed by atoms with Gasteiger partial charge in [-0.05, 0) is 117 Å². The van der Waals surface area contributed by atoms with Crippen molar-refractivity contribution in [1.82, 2.24) is 9.97 Å². The van der Waals surface area contributed by atoms with Crippen LogP contribution in [0.4, 0.5) is 11.4 Å². The van der Waals surface area contributed by atoms with Crippen molar-refractivity contribution in [2.45, 2.75) is 27.7 Å². The normalized spacial score (nSPS) is 10.7. The minimum absolute atomic E-state index is 0.277. The van der Waals surface area contributed by atoms with E-state index in [4.69, 9.17) is 0 Å². The van der Waals surface area contributed by atoms with Gasteiger partial charge in [0.15, 0.2) is 0 Å². The fourth-order valence-electron chi connectivity index (χ4n) is 3.83. The fraction of sp³-hybridized carbons (Fsp3) is 0.143. The summed E-state index contributed by atoms with van der Waals surface area (Å²) in [7, 11) is 0. The standard InChI is InChI=1S/C28H24Br2N4O2/c1-15-11-25(31-13-21(15)29)27(35)33-23-9-5-7-19(17(23)3)20-8-6-10-24(18(20)4)34-28(36)26-12-16(2)22(30)14-32-26/h5-14H,1-4H3,(H,33,35)(H,34,36). The van der Waals surface area contributed by atoms with Gasteiger partial charge in [-0.1, -0.05) is 24.3 Å². The van der Waals surface area contributed by atoms with Gasteiger partial charge in [-0.25, -0.2) is 9.97 Å². The molecular formula is C28H24Br2N4O2. The van der Waals surface area contributed by atoms with E-state index < -0.39 is 0 Å². The molecule has 0 saturated carbocycles. The molecule has 8 heteroatoms. The van der Waals surface area contributed by atoms with E-state index in [-0.39, 0.29) is 11.8 Å². The monoisotopic (exact) mass is 606 g/mol. The third-order valence-electron chi connectivity index (χ3n) is 6.01. The molecule has 0 aliphatic rings. The Bertz CT molecular complexity index is 1390. The fourth-order valence-corrected chi connectivity index (χ4v) is 4.26. The number of halogens is 2. The Hall–Kier alpha value is -3.36. The van der Waals surface area contributed by atoms with Crippen molar-refractivity contribution in [2.24, 2.45) is 0 Å². The van der Waals surface area contributed by atoms with Crippen LogP contribution < -0.4 is 10.6 Å². The molecule has 0 aliphatic carbocycles. The second kappa shape index (κ2) is 10.7. The summed E-state index contributed by atoms with van der Waals surface area (Å²) in [4.78, 5) is 34.2. The van der Waals surface area contributed by atoms with E-state index in [0.29, 0.717) is 22.8 Å². The minimum atomic E-state index is -0.277. The van der Waals surface area contributed by atoms with Crippen LogP contribution in [0.25, 0.3) is 11.1 Å². The highest BCUT2D eigenvalue weighted by molar-refractivity contribution is 9.10. The molecule has 36 heavy (non-hydrogen) atoms. The third kappa shape index (κ3) is 5.39. The maximum atomic E-state index is 12.9. The lowest BCUT2D eigenvalue weighted by Gasteiger charge is -2.17. The summed E-state index contributed by atoms with van der Waals surface area (Å²) < 4.78 is 1.71. The van der Waals surface area contributed by atoms with Crippen molar-refractivity contribution in [2.75, 3.05) is 10.6 Å². The van der Waals surface area contributed by atoms with E-state index in [0.717, 1.165) is 42.3 Å². The van der Waals surface area contributed by atoms with E-state index >= 15 is 0 Å². The molecule has 0 spiro atoms. The summed E-state index contributed by atoms with van der Waals surface area (Å²) in [5.41, 5.74) is 7.70. The first-order chi connectivity index (χ1) is 17.2. The van der Waals surface area contributed by atoms with Crippen molar-refractivity contribution in [3.63, 3.8) is 0 Å². The summed E-state index contributed by atoms with van der Waals surface area (Å²) in [6, 6.07) is 15.0. The van der Waals surface area contributed by atoms with Gasteiger partial charge in [0, 0.05) is 32.7 Å². The van der Waals surface area contributed by atoms with Crippen LogP contribution in [0.5, 0.6) is 0 Å². The number of hydrogen-bond acceptors (Lipinski definition) is 4. The lowest BCUT2D eigenvalue weighted by atomic mass is 9.94. The molecule has 0 aliphatic heterocycles. The van der Waals surface area contributed by atoms with Crippen LogP contribution >= 0.6 is 31.9 Å². The number of hydrogen-bond donors (Lipinski definition) is 2. The first-order valence-corrected chi connectivity index (χ1v) is 12.8. The zero-order chi connectivity index (χ0) is 26.0.